The number of thioether (sulfide) groups is 1. The molecule has 1 atom stereocenters. The number of imidazole rings is 1. The Morgan fingerprint density at radius 3 is 2.58 bits per heavy atom. The molecule has 7 rings (SSSR count). The van der Waals surface area contributed by atoms with Crippen molar-refractivity contribution in [3.05, 3.63) is 133 Å². The molecule has 1 aliphatic rings. The number of furan rings is 1. The molecule has 8 nitrogen and oxygen atoms in total. The molecule has 0 amide bonds. The molecule has 0 spiro atoms. The highest BCUT2D eigenvalue weighted by atomic mass is 32.2. The molecule has 4 heterocycles. The van der Waals surface area contributed by atoms with Gasteiger partial charge in [-0.05, 0) is 66.9 Å². The molecule has 0 saturated heterocycles. The van der Waals surface area contributed by atoms with Crippen LogP contribution in [0, 0.1) is 0 Å². The van der Waals surface area contributed by atoms with Gasteiger partial charge in [0.25, 0.3) is 5.56 Å². The Kier molecular flexibility index (Phi) is 8.05. The molecular weight excluding hydrogens is 625 g/mol. The van der Waals surface area contributed by atoms with Gasteiger partial charge < -0.3 is 14.1 Å². The Morgan fingerprint density at radius 2 is 1.82 bits per heavy atom. The standard InChI is InChI=1S/C34H26N4O4S3/c1-3-41-32(40)28-29(20-9-5-4-6-10-20)37-34-38(30(28)21-13-16-23(43-2)17-14-21)31(39)26(44-34)19-22-15-18-27(42-22)45-33-35-24-11-7-8-12-25(24)36-33/h4-19,30H,3H2,1-2H3,(H,35,36)/b26-19+/t30-/m0/s1. The van der Waals surface area contributed by atoms with Crippen LogP contribution in [-0.2, 0) is 9.53 Å². The summed E-state index contributed by atoms with van der Waals surface area (Å²) in [5.74, 6) is 0.0132. The second-order valence-electron chi connectivity index (χ2n) is 10.0. The van der Waals surface area contributed by atoms with Crippen LogP contribution in [0.3, 0.4) is 0 Å². The first-order valence-corrected chi connectivity index (χ1v) is 17.0. The van der Waals surface area contributed by atoms with Gasteiger partial charge in [-0.2, -0.15) is 0 Å². The molecule has 0 unspecified atom stereocenters. The molecule has 1 N–H and O–H groups in total. The monoisotopic (exact) mass is 650 g/mol. The highest BCUT2D eigenvalue weighted by molar-refractivity contribution is 7.99. The van der Waals surface area contributed by atoms with E-state index in [2.05, 4.69) is 9.97 Å². The van der Waals surface area contributed by atoms with Gasteiger partial charge >= 0.3 is 5.97 Å². The Bertz CT molecular complexity index is 2210. The second-order valence-corrected chi connectivity index (χ2v) is 12.9. The lowest BCUT2D eigenvalue weighted by molar-refractivity contribution is -0.138. The van der Waals surface area contributed by atoms with E-state index in [0.29, 0.717) is 36.6 Å². The summed E-state index contributed by atoms with van der Waals surface area (Å²) in [6.45, 7) is 1.96. The zero-order chi connectivity index (χ0) is 30.9. The van der Waals surface area contributed by atoms with Gasteiger partial charge in [-0.3, -0.25) is 9.36 Å². The third-order valence-corrected chi connectivity index (χ3v) is 9.78. The molecular formula is C34H26N4O4S3. The van der Waals surface area contributed by atoms with Gasteiger partial charge in [0.1, 0.15) is 5.76 Å². The van der Waals surface area contributed by atoms with Crippen LogP contribution in [-0.4, -0.2) is 33.4 Å². The van der Waals surface area contributed by atoms with Gasteiger partial charge in [-0.25, -0.2) is 14.8 Å². The van der Waals surface area contributed by atoms with Crippen LogP contribution >= 0.6 is 34.9 Å². The van der Waals surface area contributed by atoms with Crippen molar-refractivity contribution in [3.63, 3.8) is 0 Å². The van der Waals surface area contributed by atoms with Gasteiger partial charge in [0.05, 0.1) is 39.5 Å². The summed E-state index contributed by atoms with van der Waals surface area (Å²) in [7, 11) is 0. The number of hydrogen-bond donors (Lipinski definition) is 1. The minimum atomic E-state index is -0.732. The number of esters is 1. The van der Waals surface area contributed by atoms with Gasteiger partial charge in [0, 0.05) is 16.5 Å². The Morgan fingerprint density at radius 1 is 1.04 bits per heavy atom. The number of para-hydroxylation sites is 2. The lowest BCUT2D eigenvalue weighted by atomic mass is 9.93. The average Bonchev–Trinajstić information content (AvgIpc) is 3.77. The maximum atomic E-state index is 14.1. The van der Waals surface area contributed by atoms with E-state index >= 15 is 0 Å². The number of carbonyl (C=O) groups excluding carboxylic acids is 1. The van der Waals surface area contributed by atoms with Crippen LogP contribution in [0.5, 0.6) is 0 Å². The largest absolute Gasteiger partial charge is 0.463 e. The third kappa shape index (κ3) is 5.70. The number of benzene rings is 3. The lowest BCUT2D eigenvalue weighted by Crippen LogP contribution is -2.40. The van der Waals surface area contributed by atoms with Crippen LogP contribution in [0.2, 0.25) is 0 Å². The zero-order valence-electron chi connectivity index (χ0n) is 24.2. The van der Waals surface area contributed by atoms with E-state index in [4.69, 9.17) is 14.1 Å². The number of aromatic amines is 1. The van der Waals surface area contributed by atoms with Crippen LogP contribution in [0.15, 0.2) is 126 Å². The number of fused-ring (bicyclic) bond motifs is 2. The first-order chi connectivity index (χ1) is 22.0. The molecule has 3 aromatic heterocycles. The second kappa shape index (κ2) is 12.4. The molecule has 11 heteroatoms. The Balaban J connectivity index is 1.34. The smallest absolute Gasteiger partial charge is 0.338 e. The van der Waals surface area contributed by atoms with E-state index in [1.807, 2.05) is 97.3 Å². The Labute approximate surface area is 270 Å². The van der Waals surface area contributed by atoms with Crippen molar-refractivity contribution in [2.45, 2.75) is 28.1 Å². The minimum Gasteiger partial charge on any atom is -0.463 e. The quantitative estimate of drug-likeness (QED) is 0.153. The summed E-state index contributed by atoms with van der Waals surface area (Å²) < 4.78 is 13.7. The molecule has 6 aromatic rings. The highest BCUT2D eigenvalue weighted by Crippen LogP contribution is 2.36. The number of H-pyrrole nitrogens is 1. The summed E-state index contributed by atoms with van der Waals surface area (Å²) in [6, 6.07) is 28.2. The maximum absolute atomic E-state index is 14.1. The number of nitrogens with one attached hydrogen (secondary N) is 1. The summed E-state index contributed by atoms with van der Waals surface area (Å²) in [4.78, 5) is 42.1. The first-order valence-electron chi connectivity index (χ1n) is 14.2. The fourth-order valence-corrected chi connectivity index (χ4v) is 7.37. The first kappa shape index (κ1) is 29.1. The number of rotatable bonds is 8. The predicted octanol–water partition coefficient (Wildman–Crippen LogP) is 6.28. The van der Waals surface area contributed by atoms with Crippen molar-refractivity contribution in [2.24, 2.45) is 4.99 Å². The van der Waals surface area contributed by atoms with Gasteiger partial charge in [-0.1, -0.05) is 65.9 Å². The topological polar surface area (TPSA) is 102 Å². The predicted molar refractivity (Wildman–Crippen MR) is 178 cm³/mol. The van der Waals surface area contributed by atoms with Crippen LogP contribution in [0.25, 0.3) is 22.8 Å². The number of hydrogen-bond acceptors (Lipinski definition) is 9. The number of ether oxygens (including phenoxy) is 1. The SMILES string of the molecule is CCOC(=O)C1=C(c2ccccc2)N=c2s/c(=C/c3ccc(Sc4nc5ccccc5[nH]4)o3)c(=O)n2[C@H]1c1ccc(SC)cc1. The summed E-state index contributed by atoms with van der Waals surface area (Å²) in [5, 5.41) is 1.35. The molecule has 3 aromatic carbocycles. The van der Waals surface area contributed by atoms with E-state index in [0.717, 1.165) is 27.1 Å². The van der Waals surface area contributed by atoms with Crippen molar-refractivity contribution < 1.29 is 13.9 Å². The average molecular weight is 651 g/mol. The zero-order valence-corrected chi connectivity index (χ0v) is 26.7. The third-order valence-electron chi connectivity index (χ3n) is 7.25. The van der Waals surface area contributed by atoms with Crippen molar-refractivity contribution in [2.75, 3.05) is 12.9 Å². The van der Waals surface area contributed by atoms with Crippen LogP contribution in [0.1, 0.15) is 29.9 Å². The molecule has 0 radical (unpaired) electrons. The number of thiazole rings is 1. The van der Waals surface area contributed by atoms with Gasteiger partial charge in [0.15, 0.2) is 15.1 Å². The van der Waals surface area contributed by atoms with Gasteiger partial charge in [0.2, 0.25) is 0 Å². The van der Waals surface area contributed by atoms with Crippen LogP contribution < -0.4 is 14.9 Å². The Hall–Kier alpha value is -4.58. The number of aromatic nitrogens is 3. The van der Waals surface area contributed by atoms with Crippen LogP contribution in [0.4, 0.5) is 0 Å². The van der Waals surface area contributed by atoms with E-state index < -0.39 is 12.0 Å². The number of carbonyl (C=O) groups is 1. The molecule has 45 heavy (non-hydrogen) atoms. The molecule has 0 fully saturated rings. The van der Waals surface area contributed by atoms with Crippen molar-refractivity contribution in [1.29, 1.82) is 0 Å². The molecule has 1 aliphatic heterocycles. The van der Waals surface area contributed by atoms with Crippen molar-refractivity contribution in [1.82, 2.24) is 14.5 Å². The molecule has 224 valence electrons. The minimum absolute atomic E-state index is 0.194. The summed E-state index contributed by atoms with van der Waals surface area (Å²) in [6.07, 6.45) is 3.72. The lowest BCUT2D eigenvalue weighted by Gasteiger charge is -2.26. The van der Waals surface area contributed by atoms with Crippen molar-refractivity contribution >= 4 is 63.6 Å². The molecule has 0 bridgehead atoms. The summed E-state index contributed by atoms with van der Waals surface area (Å²) in [5.41, 5.74) is 3.92. The van der Waals surface area contributed by atoms with Gasteiger partial charge in [-0.15, -0.1) is 11.8 Å². The fourth-order valence-electron chi connectivity index (χ4n) is 5.21. The molecule has 0 aliphatic carbocycles. The van der Waals surface area contributed by atoms with E-state index in [9.17, 15) is 9.59 Å². The highest BCUT2D eigenvalue weighted by Gasteiger charge is 2.35. The normalized spacial score (nSPS) is 14.9. The van der Waals surface area contributed by atoms with Crippen molar-refractivity contribution in [3.8, 4) is 0 Å². The van der Waals surface area contributed by atoms with E-state index in [1.165, 1.54) is 23.1 Å². The fraction of sp³-hybridized carbons (Fsp3) is 0.118. The maximum Gasteiger partial charge on any atom is 0.338 e. The van der Waals surface area contributed by atoms with E-state index in [1.54, 1.807) is 29.3 Å². The molecule has 0 saturated carbocycles. The summed E-state index contributed by atoms with van der Waals surface area (Å²) >= 11 is 4.25. The number of nitrogens with zero attached hydrogens (tertiary/aromatic N) is 3. The van der Waals surface area contributed by atoms with E-state index in [-0.39, 0.29) is 12.2 Å².